The number of methoxy groups -OCH3 is 1. The summed E-state index contributed by atoms with van der Waals surface area (Å²) in [5, 5.41) is 0. The highest BCUT2D eigenvalue weighted by Gasteiger charge is 2.16. The molecule has 0 aliphatic heterocycles. The van der Waals surface area contributed by atoms with Crippen molar-refractivity contribution >= 4 is 5.97 Å². The zero-order chi connectivity index (χ0) is 12.7. The molecule has 0 aliphatic carbocycles. The minimum atomic E-state index is -0.501. The maximum Gasteiger partial charge on any atom is 0.322 e. The van der Waals surface area contributed by atoms with Crippen LogP contribution in [0.15, 0.2) is 0 Å². The van der Waals surface area contributed by atoms with E-state index in [0.717, 1.165) is 13.0 Å². The van der Waals surface area contributed by atoms with E-state index in [1.54, 1.807) is 0 Å². The molecule has 0 aromatic rings. The summed E-state index contributed by atoms with van der Waals surface area (Å²) in [6.07, 6.45) is 1.80. The third kappa shape index (κ3) is 6.08. The van der Waals surface area contributed by atoms with Crippen LogP contribution in [0.2, 0.25) is 0 Å². The van der Waals surface area contributed by atoms with Crippen LogP contribution in [-0.2, 0) is 9.53 Å². The standard InChI is InChI=1S/C12H26N2O2/c1-9(2)8-10(3)14(4)7-6-11(13)12(15)16-5/h9-11H,6-8,13H2,1-5H3. The SMILES string of the molecule is COC(=O)C(N)CCN(C)C(C)CC(C)C. The molecule has 0 bridgehead atoms. The molecule has 4 nitrogen and oxygen atoms in total. The molecule has 16 heavy (non-hydrogen) atoms. The molecule has 2 unspecified atom stereocenters. The summed E-state index contributed by atoms with van der Waals surface area (Å²) >= 11 is 0. The summed E-state index contributed by atoms with van der Waals surface area (Å²) in [6.45, 7) is 7.45. The third-order valence-corrected chi connectivity index (χ3v) is 2.86. The number of nitrogens with two attached hydrogens (primary N) is 1. The molecule has 0 aromatic heterocycles. The first-order chi connectivity index (χ1) is 7.38. The van der Waals surface area contributed by atoms with E-state index in [-0.39, 0.29) is 5.97 Å². The molecule has 0 aliphatic rings. The lowest BCUT2D eigenvalue weighted by Gasteiger charge is -2.26. The number of esters is 1. The van der Waals surface area contributed by atoms with E-state index >= 15 is 0 Å². The van der Waals surface area contributed by atoms with Crippen molar-refractivity contribution in [1.29, 1.82) is 0 Å². The Morgan fingerprint density at radius 2 is 1.94 bits per heavy atom. The quantitative estimate of drug-likeness (QED) is 0.669. The third-order valence-electron chi connectivity index (χ3n) is 2.86. The minimum absolute atomic E-state index is 0.329. The Bertz CT molecular complexity index is 207. The largest absolute Gasteiger partial charge is 0.468 e. The molecule has 0 amide bonds. The maximum absolute atomic E-state index is 11.1. The van der Waals surface area contributed by atoms with Crippen molar-refractivity contribution in [3.63, 3.8) is 0 Å². The van der Waals surface area contributed by atoms with Gasteiger partial charge in [-0.25, -0.2) is 0 Å². The predicted octanol–water partition coefficient (Wildman–Crippen LogP) is 1.24. The van der Waals surface area contributed by atoms with Gasteiger partial charge >= 0.3 is 5.97 Å². The zero-order valence-electron chi connectivity index (χ0n) is 11.2. The first-order valence-corrected chi connectivity index (χ1v) is 5.92. The fraction of sp³-hybridized carbons (Fsp3) is 0.917. The molecule has 4 heteroatoms. The molecule has 0 fully saturated rings. The summed E-state index contributed by atoms with van der Waals surface area (Å²) in [4.78, 5) is 13.3. The Morgan fingerprint density at radius 3 is 2.38 bits per heavy atom. The van der Waals surface area contributed by atoms with Gasteiger partial charge in [0.05, 0.1) is 7.11 Å². The highest BCUT2D eigenvalue weighted by atomic mass is 16.5. The van der Waals surface area contributed by atoms with Crippen LogP contribution in [0.1, 0.15) is 33.6 Å². The zero-order valence-corrected chi connectivity index (χ0v) is 11.2. The lowest BCUT2D eigenvalue weighted by Crippen LogP contribution is -2.38. The second-order valence-corrected chi connectivity index (χ2v) is 4.88. The van der Waals surface area contributed by atoms with Gasteiger partial charge in [0.1, 0.15) is 6.04 Å². The Labute approximate surface area is 99.1 Å². The van der Waals surface area contributed by atoms with Crippen LogP contribution in [0.3, 0.4) is 0 Å². The summed E-state index contributed by atoms with van der Waals surface area (Å²) in [5.41, 5.74) is 5.68. The lowest BCUT2D eigenvalue weighted by molar-refractivity contribution is -0.142. The topological polar surface area (TPSA) is 55.6 Å². The van der Waals surface area contributed by atoms with Crippen molar-refractivity contribution < 1.29 is 9.53 Å². The van der Waals surface area contributed by atoms with Crippen molar-refractivity contribution in [2.75, 3.05) is 20.7 Å². The van der Waals surface area contributed by atoms with Crippen molar-refractivity contribution in [2.45, 2.75) is 45.7 Å². The highest BCUT2D eigenvalue weighted by molar-refractivity contribution is 5.75. The van der Waals surface area contributed by atoms with Gasteiger partial charge in [0, 0.05) is 12.6 Å². The Balaban J connectivity index is 3.87. The second kappa shape index (κ2) is 7.63. The Kier molecular flexibility index (Phi) is 7.34. The number of nitrogens with zero attached hydrogens (tertiary/aromatic N) is 1. The number of carbonyl (C=O) groups is 1. The number of hydrogen-bond acceptors (Lipinski definition) is 4. The average Bonchev–Trinajstić information content (AvgIpc) is 2.23. The van der Waals surface area contributed by atoms with Crippen LogP contribution in [0, 0.1) is 5.92 Å². The Morgan fingerprint density at radius 1 is 1.38 bits per heavy atom. The van der Waals surface area contributed by atoms with Crippen LogP contribution >= 0.6 is 0 Å². The monoisotopic (exact) mass is 230 g/mol. The van der Waals surface area contributed by atoms with E-state index < -0.39 is 6.04 Å². The van der Waals surface area contributed by atoms with E-state index in [2.05, 4.69) is 37.5 Å². The molecule has 0 rings (SSSR count). The molecule has 0 radical (unpaired) electrons. The van der Waals surface area contributed by atoms with Gasteiger partial charge in [0.15, 0.2) is 0 Å². The molecule has 0 saturated heterocycles. The van der Waals surface area contributed by atoms with E-state index in [0.29, 0.717) is 18.4 Å². The van der Waals surface area contributed by atoms with Gasteiger partial charge in [0.2, 0.25) is 0 Å². The Hall–Kier alpha value is -0.610. The number of hydrogen-bond donors (Lipinski definition) is 1. The molecular formula is C12H26N2O2. The minimum Gasteiger partial charge on any atom is -0.468 e. The first-order valence-electron chi connectivity index (χ1n) is 5.92. The molecule has 2 N–H and O–H groups in total. The van der Waals surface area contributed by atoms with Crippen molar-refractivity contribution in [3.8, 4) is 0 Å². The maximum atomic E-state index is 11.1. The van der Waals surface area contributed by atoms with Crippen LogP contribution in [0.4, 0.5) is 0 Å². The van der Waals surface area contributed by atoms with E-state index in [1.165, 1.54) is 7.11 Å². The van der Waals surface area contributed by atoms with Crippen molar-refractivity contribution in [3.05, 3.63) is 0 Å². The van der Waals surface area contributed by atoms with Crippen molar-refractivity contribution in [2.24, 2.45) is 11.7 Å². The lowest BCUT2D eigenvalue weighted by atomic mass is 10.0. The molecule has 0 saturated carbocycles. The predicted molar refractivity (Wildman–Crippen MR) is 66.2 cm³/mol. The fourth-order valence-electron chi connectivity index (χ4n) is 1.69. The molecule has 0 spiro atoms. The van der Waals surface area contributed by atoms with Crippen molar-refractivity contribution in [1.82, 2.24) is 4.90 Å². The van der Waals surface area contributed by atoms with Gasteiger partial charge in [-0.1, -0.05) is 13.8 Å². The van der Waals surface area contributed by atoms with Gasteiger partial charge < -0.3 is 15.4 Å². The van der Waals surface area contributed by atoms with Gasteiger partial charge in [0.25, 0.3) is 0 Å². The first kappa shape index (κ1) is 15.4. The van der Waals surface area contributed by atoms with Crippen LogP contribution in [0.5, 0.6) is 0 Å². The number of ether oxygens (including phenoxy) is 1. The summed E-state index contributed by atoms with van der Waals surface area (Å²) in [6, 6.07) is 0.0172. The van der Waals surface area contributed by atoms with Crippen LogP contribution in [0.25, 0.3) is 0 Å². The molecule has 0 heterocycles. The summed E-state index contributed by atoms with van der Waals surface area (Å²) in [5.74, 6) is 0.358. The van der Waals surface area contributed by atoms with E-state index in [1.807, 2.05) is 0 Å². The fourth-order valence-corrected chi connectivity index (χ4v) is 1.69. The molecule has 0 aromatic carbocycles. The molecule has 2 atom stereocenters. The number of carbonyl (C=O) groups excluding carboxylic acids is 1. The van der Waals surface area contributed by atoms with Crippen LogP contribution in [-0.4, -0.2) is 43.7 Å². The van der Waals surface area contributed by atoms with E-state index in [4.69, 9.17) is 5.73 Å². The highest BCUT2D eigenvalue weighted by Crippen LogP contribution is 2.10. The van der Waals surface area contributed by atoms with Gasteiger partial charge in [-0.2, -0.15) is 0 Å². The summed E-state index contributed by atoms with van der Waals surface area (Å²) in [7, 11) is 3.43. The second-order valence-electron chi connectivity index (χ2n) is 4.88. The number of rotatable bonds is 7. The van der Waals surface area contributed by atoms with Gasteiger partial charge in [-0.15, -0.1) is 0 Å². The van der Waals surface area contributed by atoms with Gasteiger partial charge in [-0.3, -0.25) is 4.79 Å². The smallest absolute Gasteiger partial charge is 0.322 e. The molecular weight excluding hydrogens is 204 g/mol. The van der Waals surface area contributed by atoms with Crippen LogP contribution < -0.4 is 5.73 Å². The summed E-state index contributed by atoms with van der Waals surface area (Å²) < 4.78 is 4.59. The average molecular weight is 230 g/mol. The normalized spacial score (nSPS) is 15.2. The molecule has 96 valence electrons. The van der Waals surface area contributed by atoms with E-state index in [9.17, 15) is 4.79 Å². The van der Waals surface area contributed by atoms with Gasteiger partial charge in [-0.05, 0) is 32.7 Å².